The number of nitrogens with one attached hydrogen (secondary N) is 1. The Balaban J connectivity index is 1.94. The molecular weight excluding hydrogens is 563 g/mol. The van der Waals surface area contributed by atoms with Crippen molar-refractivity contribution in [3.05, 3.63) is 59.9 Å². The zero-order chi connectivity index (χ0) is 19.6. The van der Waals surface area contributed by atoms with Crippen LogP contribution in [0.3, 0.4) is 0 Å². The van der Waals surface area contributed by atoms with Crippen LogP contribution >= 0.6 is 61.9 Å². The lowest BCUT2D eigenvalue weighted by Crippen LogP contribution is -2.19. The minimum absolute atomic E-state index is 0.0271. The highest BCUT2D eigenvalue weighted by Crippen LogP contribution is 2.36. The lowest BCUT2D eigenvalue weighted by molar-refractivity contribution is -0.115. The Hall–Kier alpha value is -1.03. The zero-order valence-corrected chi connectivity index (χ0v) is 19.7. The van der Waals surface area contributed by atoms with Gasteiger partial charge < -0.3 is 10.1 Å². The summed E-state index contributed by atoms with van der Waals surface area (Å²) in [5, 5.41) is 3.81. The van der Waals surface area contributed by atoms with Gasteiger partial charge in [-0.05, 0) is 78.5 Å². The van der Waals surface area contributed by atoms with Gasteiger partial charge in [0.1, 0.15) is 5.75 Å². The van der Waals surface area contributed by atoms with Crippen molar-refractivity contribution in [3.63, 3.8) is 0 Å². The van der Waals surface area contributed by atoms with Crippen LogP contribution in [0, 0.1) is 3.57 Å². The lowest BCUT2D eigenvalue weighted by atomic mass is 10.2. The highest BCUT2D eigenvalue weighted by atomic mass is 127. The van der Waals surface area contributed by atoms with Crippen molar-refractivity contribution in [2.24, 2.45) is 4.99 Å². The van der Waals surface area contributed by atoms with Crippen molar-refractivity contribution >= 4 is 84.7 Å². The van der Waals surface area contributed by atoms with Gasteiger partial charge in [-0.3, -0.25) is 4.79 Å². The summed E-state index contributed by atoms with van der Waals surface area (Å²) in [6.07, 6.45) is 1.85. The Bertz CT molecular complexity index is 963. The SMILES string of the molecule is CC(C)Oc1c(I)cc(Br)cc1C=C1SC(=Nc2ccccc2Cl)NC1=O. The Kier molecular flexibility index (Phi) is 6.88. The highest BCUT2D eigenvalue weighted by Gasteiger charge is 2.25. The Labute approximate surface area is 189 Å². The van der Waals surface area contributed by atoms with Gasteiger partial charge in [-0.25, -0.2) is 4.99 Å². The van der Waals surface area contributed by atoms with Gasteiger partial charge >= 0.3 is 0 Å². The standard InChI is InChI=1S/C19H15BrClIN2O2S/c1-10(2)26-17-11(7-12(20)9-14(17)22)8-16-18(25)24-19(27-16)23-15-6-4-3-5-13(15)21/h3-10H,1-2H3,(H,23,24,25). The maximum Gasteiger partial charge on any atom is 0.264 e. The molecule has 1 saturated heterocycles. The van der Waals surface area contributed by atoms with Gasteiger partial charge in [-0.2, -0.15) is 0 Å². The summed E-state index contributed by atoms with van der Waals surface area (Å²) < 4.78 is 7.84. The molecule has 0 radical (unpaired) electrons. The van der Waals surface area contributed by atoms with Crippen molar-refractivity contribution in [1.29, 1.82) is 0 Å². The first-order valence-corrected chi connectivity index (χ1v) is 11.1. The van der Waals surface area contributed by atoms with Gasteiger partial charge in [-0.1, -0.05) is 39.7 Å². The maximum absolute atomic E-state index is 12.4. The average Bonchev–Trinajstić information content (AvgIpc) is 2.92. The van der Waals surface area contributed by atoms with E-state index in [9.17, 15) is 4.79 Å². The number of hydrogen-bond donors (Lipinski definition) is 1. The van der Waals surface area contributed by atoms with E-state index in [0.29, 0.717) is 20.8 Å². The van der Waals surface area contributed by atoms with E-state index in [2.05, 4.69) is 48.8 Å². The van der Waals surface area contributed by atoms with Gasteiger partial charge in [0.2, 0.25) is 0 Å². The normalized spacial score (nSPS) is 17.0. The number of amides is 1. The van der Waals surface area contributed by atoms with Crippen LogP contribution in [0.1, 0.15) is 19.4 Å². The summed E-state index contributed by atoms with van der Waals surface area (Å²) in [6, 6.07) is 11.2. The van der Waals surface area contributed by atoms with Crippen LogP contribution in [0.4, 0.5) is 5.69 Å². The van der Waals surface area contributed by atoms with E-state index in [4.69, 9.17) is 16.3 Å². The summed E-state index contributed by atoms with van der Waals surface area (Å²) in [7, 11) is 0. The number of halogens is 3. The van der Waals surface area contributed by atoms with Gasteiger partial charge in [0.05, 0.1) is 25.3 Å². The molecule has 3 rings (SSSR count). The molecule has 140 valence electrons. The van der Waals surface area contributed by atoms with Crippen molar-refractivity contribution in [1.82, 2.24) is 5.32 Å². The fraction of sp³-hybridized carbons (Fsp3) is 0.158. The number of para-hydroxylation sites is 1. The van der Waals surface area contributed by atoms with Gasteiger partial charge in [0.15, 0.2) is 5.17 Å². The number of hydrogen-bond acceptors (Lipinski definition) is 4. The molecule has 0 unspecified atom stereocenters. The number of rotatable bonds is 4. The molecule has 8 heteroatoms. The van der Waals surface area contributed by atoms with Crippen LogP contribution in [0.15, 0.2) is 50.8 Å². The van der Waals surface area contributed by atoms with E-state index in [1.165, 1.54) is 11.8 Å². The van der Waals surface area contributed by atoms with Crippen LogP contribution < -0.4 is 10.1 Å². The highest BCUT2D eigenvalue weighted by molar-refractivity contribution is 14.1. The number of carbonyl (C=O) groups is 1. The quantitative estimate of drug-likeness (QED) is 0.339. The second kappa shape index (κ2) is 8.98. The van der Waals surface area contributed by atoms with E-state index < -0.39 is 0 Å². The first kappa shape index (κ1) is 20.7. The van der Waals surface area contributed by atoms with Crippen LogP contribution in [0.2, 0.25) is 5.02 Å². The second-order valence-corrected chi connectivity index (χ2v) is 9.42. The molecule has 0 atom stereocenters. The third kappa shape index (κ3) is 5.28. The molecule has 0 bridgehead atoms. The van der Waals surface area contributed by atoms with E-state index in [1.54, 1.807) is 12.1 Å². The molecule has 1 N–H and O–H groups in total. The van der Waals surface area contributed by atoms with E-state index in [0.717, 1.165) is 19.4 Å². The number of ether oxygens (including phenoxy) is 1. The molecule has 1 aliphatic heterocycles. The average molecular weight is 578 g/mol. The number of thioether (sulfide) groups is 1. The number of benzene rings is 2. The molecule has 0 aromatic heterocycles. The van der Waals surface area contributed by atoms with E-state index >= 15 is 0 Å². The molecule has 2 aromatic rings. The van der Waals surface area contributed by atoms with Gasteiger partial charge in [0.25, 0.3) is 5.91 Å². The molecule has 1 aliphatic rings. The number of carbonyl (C=O) groups excluding carboxylic acids is 1. The van der Waals surface area contributed by atoms with Crippen molar-refractivity contribution in [3.8, 4) is 5.75 Å². The fourth-order valence-corrected chi connectivity index (χ4v) is 5.00. The summed E-state index contributed by atoms with van der Waals surface area (Å²) >= 11 is 13.2. The molecule has 1 heterocycles. The summed E-state index contributed by atoms with van der Waals surface area (Å²) in [4.78, 5) is 17.4. The molecule has 2 aromatic carbocycles. The van der Waals surface area contributed by atoms with Crippen LogP contribution in [-0.2, 0) is 4.79 Å². The molecule has 27 heavy (non-hydrogen) atoms. The molecule has 1 amide bonds. The third-order valence-corrected chi connectivity index (χ3v) is 5.89. The molecule has 4 nitrogen and oxygen atoms in total. The number of amidine groups is 1. The Morgan fingerprint density at radius 1 is 1.33 bits per heavy atom. The first-order valence-electron chi connectivity index (χ1n) is 8.03. The lowest BCUT2D eigenvalue weighted by Gasteiger charge is -2.15. The zero-order valence-electron chi connectivity index (χ0n) is 14.4. The number of aliphatic imine (C=N–C) groups is 1. The molecule has 1 fully saturated rings. The van der Waals surface area contributed by atoms with E-state index in [1.807, 2.05) is 44.2 Å². The van der Waals surface area contributed by atoms with Crippen LogP contribution in [-0.4, -0.2) is 17.2 Å². The monoisotopic (exact) mass is 576 g/mol. The van der Waals surface area contributed by atoms with Crippen LogP contribution in [0.5, 0.6) is 5.75 Å². The number of nitrogens with zero attached hydrogens (tertiary/aromatic N) is 1. The minimum atomic E-state index is -0.198. The molecule has 0 aliphatic carbocycles. The Morgan fingerprint density at radius 2 is 2.07 bits per heavy atom. The summed E-state index contributed by atoms with van der Waals surface area (Å²) in [5.41, 5.74) is 1.45. The second-order valence-electron chi connectivity index (χ2n) is 5.91. The summed E-state index contributed by atoms with van der Waals surface area (Å²) in [6.45, 7) is 3.95. The van der Waals surface area contributed by atoms with Gasteiger partial charge in [0, 0.05) is 10.0 Å². The third-order valence-electron chi connectivity index (χ3n) is 3.40. The fourth-order valence-electron chi connectivity index (χ4n) is 2.32. The van der Waals surface area contributed by atoms with Crippen LogP contribution in [0.25, 0.3) is 6.08 Å². The first-order chi connectivity index (χ1) is 12.8. The topological polar surface area (TPSA) is 50.7 Å². The maximum atomic E-state index is 12.4. The van der Waals surface area contributed by atoms with E-state index in [-0.39, 0.29) is 12.0 Å². The smallest absolute Gasteiger partial charge is 0.264 e. The predicted octanol–water partition coefficient (Wildman–Crippen LogP) is 6.39. The summed E-state index contributed by atoms with van der Waals surface area (Å²) in [5.74, 6) is 0.558. The van der Waals surface area contributed by atoms with Gasteiger partial charge in [-0.15, -0.1) is 0 Å². The minimum Gasteiger partial charge on any atom is -0.489 e. The largest absolute Gasteiger partial charge is 0.489 e. The molecule has 0 saturated carbocycles. The van der Waals surface area contributed by atoms with Crippen molar-refractivity contribution < 1.29 is 9.53 Å². The Morgan fingerprint density at radius 3 is 2.78 bits per heavy atom. The van der Waals surface area contributed by atoms with Crippen molar-refractivity contribution in [2.75, 3.05) is 0 Å². The molecule has 0 spiro atoms. The predicted molar refractivity (Wildman–Crippen MR) is 125 cm³/mol. The molecular formula is C19H15BrClIN2O2S. The van der Waals surface area contributed by atoms with Crippen molar-refractivity contribution in [2.45, 2.75) is 20.0 Å².